The first-order chi connectivity index (χ1) is 14.1. The third kappa shape index (κ3) is 2.36. The van der Waals surface area contributed by atoms with E-state index >= 15 is 0 Å². The molecule has 6 aliphatic rings. The summed E-state index contributed by atoms with van der Waals surface area (Å²) in [5.74, 6) is 5.57. The molecule has 0 unspecified atom stereocenters. The molecule has 0 spiro atoms. The summed E-state index contributed by atoms with van der Waals surface area (Å²) in [7, 11) is 0. The summed E-state index contributed by atoms with van der Waals surface area (Å²) in [6, 6.07) is 4.70. The maximum Gasteiger partial charge on any atom is 0.0378 e. The number of thiophene rings is 2. The summed E-state index contributed by atoms with van der Waals surface area (Å²) < 4.78 is 0. The molecule has 29 heavy (non-hydrogen) atoms. The van der Waals surface area contributed by atoms with E-state index in [-0.39, 0.29) is 5.41 Å². The summed E-state index contributed by atoms with van der Waals surface area (Å²) in [4.78, 5) is 3.22. The fourth-order valence-electron chi connectivity index (χ4n) is 8.19. The lowest BCUT2D eigenvalue weighted by atomic mass is 9.50. The van der Waals surface area contributed by atoms with E-state index in [1.54, 1.807) is 27.3 Å². The van der Waals surface area contributed by atoms with Crippen molar-refractivity contribution in [2.75, 3.05) is 0 Å². The fraction of sp³-hybridized carbons (Fsp3) is 0.556. The zero-order valence-electron chi connectivity index (χ0n) is 17.5. The third-order valence-corrected chi connectivity index (χ3v) is 11.2. The van der Waals surface area contributed by atoms with Gasteiger partial charge in [0, 0.05) is 15.7 Å². The molecular formula is C27H30S2. The molecule has 0 aromatic carbocycles. The van der Waals surface area contributed by atoms with Gasteiger partial charge in [0.25, 0.3) is 0 Å². The van der Waals surface area contributed by atoms with Crippen LogP contribution >= 0.6 is 22.7 Å². The van der Waals surface area contributed by atoms with Crippen LogP contribution in [-0.4, -0.2) is 0 Å². The molecule has 0 N–H and O–H groups in total. The first kappa shape index (κ1) is 17.5. The number of fused-ring (bicyclic) bond motifs is 3. The molecule has 150 valence electrons. The quantitative estimate of drug-likeness (QED) is 0.470. The van der Waals surface area contributed by atoms with Crippen LogP contribution in [-0.2, 0) is 0 Å². The molecular weight excluding hydrogens is 388 g/mol. The largest absolute Gasteiger partial charge is 0.148 e. The Morgan fingerprint density at radius 3 is 2.00 bits per heavy atom. The van der Waals surface area contributed by atoms with Gasteiger partial charge < -0.3 is 0 Å². The van der Waals surface area contributed by atoms with Gasteiger partial charge in [0.2, 0.25) is 0 Å². The number of rotatable bonds is 3. The minimum atomic E-state index is 0.194. The van der Waals surface area contributed by atoms with Gasteiger partial charge in [0.15, 0.2) is 0 Å². The second kappa shape index (κ2) is 5.98. The highest BCUT2D eigenvalue weighted by Crippen LogP contribution is 2.62. The summed E-state index contributed by atoms with van der Waals surface area (Å²) >= 11 is 3.95. The van der Waals surface area contributed by atoms with Crippen molar-refractivity contribution in [3.8, 4) is 11.1 Å². The van der Waals surface area contributed by atoms with Crippen LogP contribution in [0.1, 0.15) is 68.0 Å². The standard InChI is InChI=1S/C27H30S2/c1-27(2,24-25-21(5-7-28-25)22-6-8-29-26(22)24)20-4-3-17(14-20)23-18-10-15-9-16(12-18)13-19(23)11-15/h3,5-8,14-16,18-19,23-24H,4,9-13H2,1-2H3. The van der Waals surface area contributed by atoms with Crippen LogP contribution in [0.3, 0.4) is 0 Å². The van der Waals surface area contributed by atoms with E-state index in [0.717, 1.165) is 29.6 Å². The highest BCUT2D eigenvalue weighted by atomic mass is 32.1. The average Bonchev–Trinajstić information content (AvgIpc) is 3.43. The molecule has 0 nitrogen and oxygen atoms in total. The van der Waals surface area contributed by atoms with Crippen LogP contribution in [0.25, 0.3) is 11.1 Å². The van der Waals surface area contributed by atoms with Crippen molar-refractivity contribution >= 4 is 22.7 Å². The van der Waals surface area contributed by atoms with E-state index in [1.807, 2.05) is 22.7 Å². The van der Waals surface area contributed by atoms with Gasteiger partial charge in [-0.2, -0.15) is 0 Å². The van der Waals surface area contributed by atoms with Gasteiger partial charge in [-0.3, -0.25) is 0 Å². The normalized spacial score (nSPS) is 35.0. The summed E-state index contributed by atoms with van der Waals surface area (Å²) in [6.45, 7) is 5.05. The summed E-state index contributed by atoms with van der Waals surface area (Å²) in [5.41, 5.74) is 6.64. The topological polar surface area (TPSA) is 0 Å². The molecule has 4 saturated carbocycles. The summed E-state index contributed by atoms with van der Waals surface area (Å²) in [6.07, 6.45) is 14.2. The van der Waals surface area contributed by atoms with Crippen LogP contribution in [0, 0.1) is 35.0 Å². The maximum absolute atomic E-state index is 2.69. The molecule has 8 rings (SSSR count). The molecule has 0 radical (unpaired) electrons. The minimum absolute atomic E-state index is 0.194. The Morgan fingerprint density at radius 2 is 1.41 bits per heavy atom. The number of hydrogen-bond donors (Lipinski definition) is 0. The fourth-order valence-corrected chi connectivity index (χ4v) is 10.7. The Kier molecular flexibility index (Phi) is 3.62. The average molecular weight is 419 g/mol. The van der Waals surface area contributed by atoms with E-state index in [4.69, 9.17) is 0 Å². The van der Waals surface area contributed by atoms with Gasteiger partial charge in [0.05, 0.1) is 0 Å². The van der Waals surface area contributed by atoms with Crippen molar-refractivity contribution in [2.45, 2.75) is 58.3 Å². The SMILES string of the molecule is CC(C)(C1=CC(C2C3CC4CC(C3)CC2C4)=CC1)C1c2sccc2-c2ccsc21. The Bertz CT molecular complexity index is 974. The van der Waals surface area contributed by atoms with Gasteiger partial charge in [-0.15, -0.1) is 22.7 Å². The Hall–Kier alpha value is -1.12. The Morgan fingerprint density at radius 1 is 0.828 bits per heavy atom. The lowest BCUT2D eigenvalue weighted by Crippen LogP contribution is -2.45. The molecule has 2 heteroatoms. The van der Waals surface area contributed by atoms with E-state index < -0.39 is 0 Å². The second-order valence-electron chi connectivity index (χ2n) is 11.1. The van der Waals surface area contributed by atoms with Gasteiger partial charge in [0.1, 0.15) is 0 Å². The third-order valence-electron chi connectivity index (χ3n) is 9.26. The van der Waals surface area contributed by atoms with Crippen molar-refractivity contribution in [3.05, 3.63) is 55.9 Å². The molecule has 6 aliphatic carbocycles. The van der Waals surface area contributed by atoms with Crippen molar-refractivity contribution in [2.24, 2.45) is 35.0 Å². The van der Waals surface area contributed by atoms with Gasteiger partial charge in [-0.25, -0.2) is 0 Å². The Balaban J connectivity index is 1.23. The number of allylic oxidation sites excluding steroid dienone is 4. The molecule has 0 atom stereocenters. The number of hydrogen-bond acceptors (Lipinski definition) is 2. The van der Waals surface area contributed by atoms with Crippen LogP contribution in [0.15, 0.2) is 46.2 Å². The molecule has 2 heterocycles. The van der Waals surface area contributed by atoms with E-state index in [9.17, 15) is 0 Å². The smallest absolute Gasteiger partial charge is 0.0378 e. The molecule has 0 amide bonds. The highest BCUT2D eigenvalue weighted by Gasteiger charge is 2.50. The molecule has 4 bridgehead atoms. The van der Waals surface area contributed by atoms with Gasteiger partial charge in [-0.1, -0.05) is 31.6 Å². The van der Waals surface area contributed by atoms with Crippen LogP contribution < -0.4 is 0 Å². The molecule has 2 aromatic heterocycles. The second-order valence-corrected chi connectivity index (χ2v) is 13.0. The summed E-state index contributed by atoms with van der Waals surface area (Å²) in [5, 5.41) is 4.60. The lowest BCUT2D eigenvalue weighted by Gasteiger charge is -2.54. The lowest BCUT2D eigenvalue weighted by molar-refractivity contribution is -0.0194. The molecule has 2 aromatic rings. The zero-order valence-corrected chi connectivity index (χ0v) is 19.1. The van der Waals surface area contributed by atoms with Gasteiger partial charge in [-0.05, 0) is 113 Å². The van der Waals surface area contributed by atoms with E-state index in [0.29, 0.717) is 5.92 Å². The van der Waals surface area contributed by atoms with Crippen molar-refractivity contribution < 1.29 is 0 Å². The molecule has 4 fully saturated rings. The molecule has 0 aliphatic heterocycles. The first-order valence-corrected chi connectivity index (χ1v) is 13.4. The van der Waals surface area contributed by atoms with Crippen molar-refractivity contribution in [1.29, 1.82) is 0 Å². The van der Waals surface area contributed by atoms with E-state index in [2.05, 4.69) is 48.9 Å². The Labute approximate surface area is 182 Å². The van der Waals surface area contributed by atoms with Crippen molar-refractivity contribution in [3.63, 3.8) is 0 Å². The first-order valence-electron chi connectivity index (χ1n) is 11.7. The van der Waals surface area contributed by atoms with Crippen molar-refractivity contribution in [1.82, 2.24) is 0 Å². The predicted octanol–water partition coefficient (Wildman–Crippen LogP) is 8.28. The molecule has 0 saturated heterocycles. The van der Waals surface area contributed by atoms with E-state index in [1.165, 1.54) is 43.2 Å². The van der Waals surface area contributed by atoms with Crippen LogP contribution in [0.5, 0.6) is 0 Å². The van der Waals surface area contributed by atoms with Crippen LogP contribution in [0.2, 0.25) is 0 Å². The monoisotopic (exact) mass is 418 g/mol. The predicted molar refractivity (Wildman–Crippen MR) is 125 cm³/mol. The maximum atomic E-state index is 2.69. The van der Waals surface area contributed by atoms with Gasteiger partial charge >= 0.3 is 0 Å². The minimum Gasteiger partial charge on any atom is -0.148 e. The highest BCUT2D eigenvalue weighted by molar-refractivity contribution is 7.13. The zero-order chi connectivity index (χ0) is 19.3. The van der Waals surface area contributed by atoms with Crippen LogP contribution in [0.4, 0.5) is 0 Å².